The summed E-state index contributed by atoms with van der Waals surface area (Å²) >= 11 is 0. The third kappa shape index (κ3) is 3.86. The van der Waals surface area contributed by atoms with Crippen LogP contribution in [-0.4, -0.2) is 41.5 Å². The van der Waals surface area contributed by atoms with E-state index in [1.807, 2.05) is 0 Å². The fourth-order valence-electron chi connectivity index (χ4n) is 3.85. The van der Waals surface area contributed by atoms with E-state index >= 15 is 0 Å². The molecule has 1 aromatic heterocycles. The van der Waals surface area contributed by atoms with E-state index in [-0.39, 0.29) is 40.5 Å². The number of nitriles is 1. The Balaban J connectivity index is 1.49. The van der Waals surface area contributed by atoms with E-state index in [9.17, 15) is 27.3 Å². The zero-order valence-corrected chi connectivity index (χ0v) is 18.6. The van der Waals surface area contributed by atoms with Crippen LogP contribution in [0.4, 0.5) is 14.5 Å². The van der Waals surface area contributed by atoms with Gasteiger partial charge in [-0.15, -0.1) is 0 Å². The van der Waals surface area contributed by atoms with E-state index in [0.29, 0.717) is 11.9 Å². The molecule has 2 aliphatic rings. The maximum Gasteiger partial charge on any atom is 0.302 e. The standard InChI is InChI=1S/C22H19F2N5O4S/c23-10-14-7-8-29(14)34(31,32)27-20-6-4-18(24)21(17(20)11-25)33-15-3-5-19-16(9-15)22(30)28(12-26-19)13-1-2-13/h3-6,9,12-14,27H,1-2,7-8,10H2. The number of ether oxygens (including phenoxy) is 1. The van der Waals surface area contributed by atoms with Gasteiger partial charge in [0.2, 0.25) is 0 Å². The molecule has 0 bridgehead atoms. The maximum absolute atomic E-state index is 14.7. The van der Waals surface area contributed by atoms with Crippen molar-refractivity contribution in [2.24, 2.45) is 0 Å². The lowest BCUT2D eigenvalue weighted by Crippen LogP contribution is -2.54. The number of alkyl halides is 1. The second kappa shape index (κ2) is 8.34. The number of aromatic nitrogens is 2. The number of hydrogen-bond donors (Lipinski definition) is 1. The van der Waals surface area contributed by atoms with Crippen LogP contribution in [0.3, 0.4) is 0 Å². The Morgan fingerprint density at radius 3 is 2.68 bits per heavy atom. The molecule has 1 saturated carbocycles. The number of nitrogens with zero attached hydrogens (tertiary/aromatic N) is 4. The van der Waals surface area contributed by atoms with Crippen molar-refractivity contribution in [2.45, 2.75) is 31.3 Å². The fourth-order valence-corrected chi connectivity index (χ4v) is 5.31. The molecule has 1 aliphatic carbocycles. The molecule has 1 atom stereocenters. The van der Waals surface area contributed by atoms with Crippen LogP contribution in [0.2, 0.25) is 0 Å². The average Bonchev–Trinajstić information content (AvgIpc) is 3.61. The second-order valence-electron chi connectivity index (χ2n) is 8.19. The van der Waals surface area contributed by atoms with Gasteiger partial charge in [0.05, 0.1) is 29.0 Å². The smallest absolute Gasteiger partial charge is 0.302 e. The van der Waals surface area contributed by atoms with Gasteiger partial charge in [-0.25, -0.2) is 13.8 Å². The molecule has 176 valence electrons. The van der Waals surface area contributed by atoms with Crippen LogP contribution in [-0.2, 0) is 10.2 Å². The van der Waals surface area contributed by atoms with Gasteiger partial charge in [0, 0.05) is 12.6 Å². The van der Waals surface area contributed by atoms with E-state index in [0.717, 1.165) is 29.3 Å². The normalized spacial score (nSPS) is 18.3. The topological polar surface area (TPSA) is 117 Å². The summed E-state index contributed by atoms with van der Waals surface area (Å²) in [6.07, 6.45) is 3.68. The van der Waals surface area contributed by atoms with Crippen molar-refractivity contribution in [3.05, 3.63) is 58.4 Å². The summed E-state index contributed by atoms with van der Waals surface area (Å²) in [5, 5.41) is 9.93. The molecule has 2 heterocycles. The summed E-state index contributed by atoms with van der Waals surface area (Å²) in [5.41, 5.74) is -0.407. The van der Waals surface area contributed by atoms with E-state index in [4.69, 9.17) is 4.74 Å². The highest BCUT2D eigenvalue weighted by Gasteiger charge is 2.38. The second-order valence-corrected chi connectivity index (χ2v) is 9.82. The predicted molar refractivity (Wildman–Crippen MR) is 119 cm³/mol. The Hall–Kier alpha value is -3.56. The van der Waals surface area contributed by atoms with Crippen LogP contribution < -0.4 is 15.0 Å². The lowest BCUT2D eigenvalue weighted by molar-refractivity contribution is 0.164. The van der Waals surface area contributed by atoms with Gasteiger partial charge in [-0.1, -0.05) is 0 Å². The van der Waals surface area contributed by atoms with Gasteiger partial charge in [-0.2, -0.15) is 18.0 Å². The first-order chi connectivity index (χ1) is 16.3. The first-order valence-corrected chi connectivity index (χ1v) is 12.0. The molecule has 9 nitrogen and oxygen atoms in total. The quantitative estimate of drug-likeness (QED) is 0.547. The molecule has 3 aromatic rings. The van der Waals surface area contributed by atoms with Gasteiger partial charge in [0.1, 0.15) is 24.1 Å². The van der Waals surface area contributed by atoms with E-state index in [1.54, 1.807) is 16.7 Å². The Morgan fingerprint density at radius 2 is 2.03 bits per heavy atom. The van der Waals surface area contributed by atoms with Crippen molar-refractivity contribution >= 4 is 26.8 Å². The molecule has 2 fully saturated rings. The summed E-state index contributed by atoms with van der Waals surface area (Å²) in [5.74, 6) is -1.32. The summed E-state index contributed by atoms with van der Waals surface area (Å²) in [6, 6.07) is 7.59. The zero-order chi connectivity index (χ0) is 24.0. The predicted octanol–water partition coefficient (Wildman–Crippen LogP) is 3.23. The molecule has 0 amide bonds. The van der Waals surface area contributed by atoms with Crippen molar-refractivity contribution in [3.8, 4) is 17.6 Å². The Morgan fingerprint density at radius 1 is 1.24 bits per heavy atom. The molecular weight excluding hydrogens is 468 g/mol. The number of fused-ring (bicyclic) bond motifs is 1. The van der Waals surface area contributed by atoms with Crippen molar-refractivity contribution in [1.29, 1.82) is 5.26 Å². The summed E-state index contributed by atoms with van der Waals surface area (Å²) < 4.78 is 63.2. The lowest BCUT2D eigenvalue weighted by Gasteiger charge is -2.37. The molecule has 1 N–H and O–H groups in total. The van der Waals surface area contributed by atoms with Crippen LogP contribution >= 0.6 is 0 Å². The minimum Gasteiger partial charge on any atom is -0.453 e. The molecule has 0 spiro atoms. The monoisotopic (exact) mass is 487 g/mol. The Kier molecular flexibility index (Phi) is 5.45. The molecule has 1 saturated heterocycles. The van der Waals surface area contributed by atoms with Crippen molar-refractivity contribution < 1.29 is 21.9 Å². The SMILES string of the molecule is N#Cc1c(NS(=O)(=O)N2CCC2CF)ccc(F)c1Oc1ccc2ncn(C3CC3)c(=O)c2c1. The largest absolute Gasteiger partial charge is 0.453 e. The van der Waals surface area contributed by atoms with Crippen molar-refractivity contribution in [1.82, 2.24) is 13.9 Å². The number of anilines is 1. The van der Waals surface area contributed by atoms with Gasteiger partial charge in [0.25, 0.3) is 5.56 Å². The molecule has 2 aromatic carbocycles. The number of halogens is 2. The average molecular weight is 487 g/mol. The third-order valence-electron chi connectivity index (χ3n) is 5.95. The minimum atomic E-state index is -4.15. The first-order valence-electron chi connectivity index (χ1n) is 10.6. The number of nitrogens with one attached hydrogen (secondary N) is 1. The molecule has 0 radical (unpaired) electrons. The van der Waals surface area contributed by atoms with Crippen LogP contribution in [0.5, 0.6) is 11.5 Å². The third-order valence-corrected chi connectivity index (χ3v) is 7.53. The molecule has 1 unspecified atom stereocenters. The summed E-state index contributed by atoms with van der Waals surface area (Å²) in [7, 11) is -4.15. The van der Waals surface area contributed by atoms with Crippen molar-refractivity contribution in [2.75, 3.05) is 17.9 Å². The van der Waals surface area contributed by atoms with Gasteiger partial charge in [-0.3, -0.25) is 14.1 Å². The van der Waals surface area contributed by atoms with Crippen LogP contribution in [0, 0.1) is 17.1 Å². The van der Waals surface area contributed by atoms with Crippen LogP contribution in [0.25, 0.3) is 10.9 Å². The Labute approximate surface area is 193 Å². The first kappa shape index (κ1) is 22.2. The van der Waals surface area contributed by atoms with E-state index < -0.39 is 34.5 Å². The number of benzene rings is 2. The Bertz CT molecular complexity index is 1500. The van der Waals surface area contributed by atoms with Crippen molar-refractivity contribution in [3.63, 3.8) is 0 Å². The van der Waals surface area contributed by atoms with E-state index in [2.05, 4.69) is 9.71 Å². The van der Waals surface area contributed by atoms with E-state index in [1.165, 1.54) is 18.5 Å². The number of hydrogen-bond acceptors (Lipinski definition) is 6. The highest BCUT2D eigenvalue weighted by Crippen LogP contribution is 2.36. The summed E-state index contributed by atoms with van der Waals surface area (Å²) in [6.45, 7) is -0.692. The summed E-state index contributed by atoms with van der Waals surface area (Å²) in [4.78, 5) is 17.1. The molecule has 12 heteroatoms. The van der Waals surface area contributed by atoms with Gasteiger partial charge in [0.15, 0.2) is 11.6 Å². The fraction of sp³-hybridized carbons (Fsp3) is 0.318. The zero-order valence-electron chi connectivity index (χ0n) is 17.7. The van der Waals surface area contributed by atoms with Gasteiger partial charge in [-0.05, 0) is 49.6 Å². The molecular formula is C22H19F2N5O4S. The van der Waals surface area contributed by atoms with Crippen LogP contribution in [0.15, 0.2) is 41.5 Å². The molecule has 5 rings (SSSR count). The molecule has 34 heavy (non-hydrogen) atoms. The highest BCUT2D eigenvalue weighted by molar-refractivity contribution is 7.90. The van der Waals surface area contributed by atoms with Gasteiger partial charge >= 0.3 is 10.2 Å². The van der Waals surface area contributed by atoms with Crippen LogP contribution in [0.1, 0.15) is 30.9 Å². The molecule has 1 aliphatic heterocycles. The highest BCUT2D eigenvalue weighted by atomic mass is 32.2. The lowest BCUT2D eigenvalue weighted by atomic mass is 10.1. The number of rotatable bonds is 7. The minimum absolute atomic E-state index is 0.0793. The van der Waals surface area contributed by atoms with Gasteiger partial charge < -0.3 is 4.74 Å². The maximum atomic E-state index is 14.7.